The summed E-state index contributed by atoms with van der Waals surface area (Å²) in [5.74, 6) is 1.52. The normalized spacial score (nSPS) is 23.0. The summed E-state index contributed by atoms with van der Waals surface area (Å²) >= 11 is 0. The molecule has 28 heavy (non-hydrogen) atoms. The van der Waals surface area contributed by atoms with Crippen LogP contribution in [0, 0.1) is 0 Å². The summed E-state index contributed by atoms with van der Waals surface area (Å²) in [5.41, 5.74) is 1.98. The lowest BCUT2D eigenvalue weighted by Crippen LogP contribution is -2.59. The molecular formula is C23H32N2O3. The molecule has 1 N–H and O–H groups in total. The highest BCUT2D eigenvalue weighted by atomic mass is 16.5. The van der Waals surface area contributed by atoms with Crippen LogP contribution in [-0.4, -0.2) is 61.9 Å². The van der Waals surface area contributed by atoms with E-state index in [0.29, 0.717) is 13.2 Å². The van der Waals surface area contributed by atoms with Gasteiger partial charge < -0.3 is 14.6 Å². The van der Waals surface area contributed by atoms with E-state index >= 15 is 0 Å². The van der Waals surface area contributed by atoms with Gasteiger partial charge >= 0.3 is 0 Å². The van der Waals surface area contributed by atoms with Crippen LogP contribution in [0.15, 0.2) is 48.5 Å². The summed E-state index contributed by atoms with van der Waals surface area (Å²) in [6.45, 7) is 4.90. The lowest BCUT2D eigenvalue weighted by atomic mass is 9.77. The number of likely N-dealkylation sites (N-methyl/N-ethyl adjacent to an activating group) is 1. The summed E-state index contributed by atoms with van der Waals surface area (Å²) in [5, 5.41) is 11.2. The van der Waals surface area contributed by atoms with Crippen LogP contribution in [0.4, 0.5) is 0 Å². The molecule has 1 saturated heterocycles. The van der Waals surface area contributed by atoms with Gasteiger partial charge in [0, 0.05) is 19.6 Å². The van der Waals surface area contributed by atoms with Gasteiger partial charge in [-0.3, -0.25) is 9.80 Å². The molecule has 152 valence electrons. The Bertz CT molecular complexity index is 766. The number of aliphatic hydroxyl groups excluding tert-OH is 1. The Balaban J connectivity index is 1.75. The van der Waals surface area contributed by atoms with Crippen LogP contribution in [0.25, 0.3) is 0 Å². The largest absolute Gasteiger partial charge is 0.493 e. The molecule has 1 aliphatic heterocycles. The molecule has 0 saturated carbocycles. The molecule has 2 aromatic carbocycles. The van der Waals surface area contributed by atoms with Crippen molar-refractivity contribution in [3.05, 3.63) is 59.7 Å². The van der Waals surface area contributed by atoms with Crippen molar-refractivity contribution in [3.63, 3.8) is 0 Å². The molecule has 0 amide bonds. The molecule has 1 fully saturated rings. The van der Waals surface area contributed by atoms with Crippen molar-refractivity contribution in [1.29, 1.82) is 0 Å². The SMILES string of the molecule is CCOc1ccc(CN2CC[C@@](c3ccccc3)(N(C)C)[C@H](O)C2)cc1OC. The molecule has 0 radical (unpaired) electrons. The van der Waals surface area contributed by atoms with Crippen molar-refractivity contribution in [2.75, 3.05) is 40.9 Å². The monoisotopic (exact) mass is 384 g/mol. The van der Waals surface area contributed by atoms with Crippen molar-refractivity contribution in [2.45, 2.75) is 31.5 Å². The van der Waals surface area contributed by atoms with E-state index in [4.69, 9.17) is 9.47 Å². The van der Waals surface area contributed by atoms with Crippen molar-refractivity contribution in [2.24, 2.45) is 0 Å². The molecule has 1 aliphatic rings. The third kappa shape index (κ3) is 4.02. The number of methoxy groups -OCH3 is 1. The summed E-state index contributed by atoms with van der Waals surface area (Å²) in [4.78, 5) is 4.48. The van der Waals surface area contributed by atoms with Gasteiger partial charge in [-0.1, -0.05) is 36.4 Å². The summed E-state index contributed by atoms with van der Waals surface area (Å²) in [7, 11) is 5.78. The highest BCUT2D eigenvalue weighted by Gasteiger charge is 2.45. The predicted molar refractivity (Wildman–Crippen MR) is 112 cm³/mol. The Hall–Kier alpha value is -2.08. The fraction of sp³-hybridized carbons (Fsp3) is 0.478. The third-order valence-corrected chi connectivity index (χ3v) is 5.80. The average molecular weight is 385 g/mol. The van der Waals surface area contributed by atoms with Crippen LogP contribution in [0.1, 0.15) is 24.5 Å². The van der Waals surface area contributed by atoms with Crippen LogP contribution in [0.2, 0.25) is 0 Å². The first-order valence-electron chi connectivity index (χ1n) is 9.94. The Labute approximate surface area is 168 Å². The van der Waals surface area contributed by atoms with E-state index < -0.39 is 6.10 Å². The molecule has 3 rings (SSSR count). The highest BCUT2D eigenvalue weighted by Crippen LogP contribution is 2.38. The van der Waals surface area contributed by atoms with Gasteiger partial charge in [-0.15, -0.1) is 0 Å². The number of hydrogen-bond donors (Lipinski definition) is 1. The average Bonchev–Trinajstić information content (AvgIpc) is 2.70. The van der Waals surface area contributed by atoms with Gasteiger partial charge in [0.1, 0.15) is 0 Å². The van der Waals surface area contributed by atoms with Gasteiger partial charge in [-0.25, -0.2) is 0 Å². The lowest BCUT2D eigenvalue weighted by Gasteiger charge is -2.50. The van der Waals surface area contributed by atoms with Gasteiger partial charge in [-0.05, 0) is 50.7 Å². The number of β-amino-alcohol motifs (C(OH)–C–C–N with tert-alkyl or cyclic N) is 1. The zero-order valence-electron chi connectivity index (χ0n) is 17.4. The molecule has 0 aliphatic carbocycles. The molecule has 0 spiro atoms. The summed E-state index contributed by atoms with van der Waals surface area (Å²) in [6.07, 6.45) is 0.405. The number of rotatable bonds is 7. The molecule has 0 unspecified atom stereocenters. The van der Waals surface area contributed by atoms with E-state index in [1.54, 1.807) is 7.11 Å². The maximum Gasteiger partial charge on any atom is 0.161 e. The van der Waals surface area contributed by atoms with Gasteiger partial charge in [0.25, 0.3) is 0 Å². The van der Waals surface area contributed by atoms with Crippen molar-refractivity contribution in [3.8, 4) is 11.5 Å². The Morgan fingerprint density at radius 3 is 2.50 bits per heavy atom. The number of ether oxygens (including phenoxy) is 2. The molecular weight excluding hydrogens is 352 g/mol. The minimum Gasteiger partial charge on any atom is -0.493 e. The molecule has 2 atom stereocenters. The van der Waals surface area contributed by atoms with Crippen LogP contribution in [0.5, 0.6) is 11.5 Å². The minimum absolute atomic E-state index is 0.353. The lowest BCUT2D eigenvalue weighted by molar-refractivity contribution is -0.0702. The maximum absolute atomic E-state index is 11.2. The van der Waals surface area contributed by atoms with Gasteiger partial charge in [0.15, 0.2) is 11.5 Å². The van der Waals surface area contributed by atoms with E-state index in [9.17, 15) is 5.11 Å². The zero-order chi connectivity index (χ0) is 20.1. The fourth-order valence-corrected chi connectivity index (χ4v) is 4.31. The van der Waals surface area contributed by atoms with E-state index in [-0.39, 0.29) is 5.54 Å². The number of likely N-dealkylation sites (tertiary alicyclic amines) is 1. The maximum atomic E-state index is 11.2. The molecule has 0 bridgehead atoms. The minimum atomic E-state index is -0.469. The van der Waals surface area contributed by atoms with Crippen molar-refractivity contribution >= 4 is 0 Å². The first-order valence-corrected chi connectivity index (χ1v) is 9.94. The number of aliphatic hydroxyl groups is 1. The Morgan fingerprint density at radius 2 is 1.89 bits per heavy atom. The van der Waals surface area contributed by atoms with E-state index in [2.05, 4.69) is 42.1 Å². The Kier molecular flexibility index (Phi) is 6.60. The third-order valence-electron chi connectivity index (χ3n) is 5.80. The smallest absolute Gasteiger partial charge is 0.161 e. The molecule has 1 heterocycles. The second-order valence-corrected chi connectivity index (χ2v) is 7.60. The topological polar surface area (TPSA) is 45.2 Å². The van der Waals surface area contributed by atoms with Crippen LogP contribution >= 0.6 is 0 Å². The van der Waals surface area contributed by atoms with Crippen molar-refractivity contribution < 1.29 is 14.6 Å². The predicted octanol–water partition coefficient (Wildman–Crippen LogP) is 3.12. The molecule has 5 nitrogen and oxygen atoms in total. The number of nitrogens with zero attached hydrogens (tertiary/aromatic N) is 2. The molecule has 0 aromatic heterocycles. The highest BCUT2D eigenvalue weighted by molar-refractivity contribution is 5.43. The van der Waals surface area contributed by atoms with Crippen LogP contribution < -0.4 is 9.47 Å². The van der Waals surface area contributed by atoms with Gasteiger partial charge in [0.2, 0.25) is 0 Å². The number of hydrogen-bond acceptors (Lipinski definition) is 5. The molecule has 2 aromatic rings. The van der Waals surface area contributed by atoms with Gasteiger partial charge in [0.05, 0.1) is 25.4 Å². The number of benzene rings is 2. The second-order valence-electron chi connectivity index (χ2n) is 7.60. The summed E-state index contributed by atoms with van der Waals surface area (Å²) < 4.78 is 11.1. The van der Waals surface area contributed by atoms with Crippen molar-refractivity contribution in [1.82, 2.24) is 9.80 Å². The standard InChI is InChI=1S/C23H32N2O3/c1-5-28-20-12-11-18(15-21(20)27-4)16-25-14-13-23(24(2)3,22(26)17-25)19-9-7-6-8-10-19/h6-12,15,22,26H,5,13-14,16-17H2,1-4H3/t22-,23+/m1/s1. The van der Waals surface area contributed by atoms with Gasteiger partial charge in [-0.2, -0.15) is 0 Å². The van der Waals surface area contributed by atoms with Crippen LogP contribution in [-0.2, 0) is 12.1 Å². The molecule has 5 heteroatoms. The zero-order valence-corrected chi connectivity index (χ0v) is 17.4. The van der Waals surface area contributed by atoms with E-state index in [1.165, 1.54) is 5.56 Å². The van der Waals surface area contributed by atoms with Crippen LogP contribution in [0.3, 0.4) is 0 Å². The quantitative estimate of drug-likeness (QED) is 0.795. The summed E-state index contributed by atoms with van der Waals surface area (Å²) in [6, 6.07) is 16.4. The first kappa shape index (κ1) is 20.6. The number of piperidine rings is 1. The Morgan fingerprint density at radius 1 is 1.14 bits per heavy atom. The fourth-order valence-electron chi connectivity index (χ4n) is 4.31. The first-order chi connectivity index (χ1) is 13.5. The van der Waals surface area contributed by atoms with E-state index in [1.807, 2.05) is 37.3 Å². The second kappa shape index (κ2) is 8.95. The van der Waals surface area contributed by atoms with E-state index in [0.717, 1.165) is 36.6 Å².